The summed E-state index contributed by atoms with van der Waals surface area (Å²) in [6.07, 6.45) is 1.50. The van der Waals surface area contributed by atoms with Crippen LogP contribution in [0.3, 0.4) is 0 Å². The minimum atomic E-state index is -2.94. The van der Waals surface area contributed by atoms with Crippen molar-refractivity contribution in [2.24, 2.45) is 5.92 Å². The van der Waals surface area contributed by atoms with E-state index in [4.69, 9.17) is 0 Å². The van der Waals surface area contributed by atoms with E-state index in [1.807, 2.05) is 6.92 Å². The quantitative estimate of drug-likeness (QED) is 0.657. The minimum absolute atomic E-state index is 0.107. The number of aliphatic hydroxyl groups excluding tert-OH is 1. The zero-order valence-corrected chi connectivity index (χ0v) is 12.3. The van der Waals surface area contributed by atoms with E-state index in [1.165, 1.54) is 0 Å². The molecule has 0 aliphatic rings. The first-order valence-electron chi connectivity index (χ1n) is 6.48. The normalized spacial score (nSPS) is 16.1. The topological polar surface area (TPSA) is 66.4 Å². The molecule has 0 aromatic carbocycles. The van der Waals surface area contributed by atoms with Gasteiger partial charge in [-0.25, -0.2) is 8.42 Å². The van der Waals surface area contributed by atoms with E-state index in [9.17, 15) is 13.5 Å². The lowest BCUT2D eigenvalue weighted by Crippen LogP contribution is -2.40. The van der Waals surface area contributed by atoms with E-state index < -0.39 is 15.9 Å². The lowest BCUT2D eigenvalue weighted by atomic mass is 9.96. The zero-order valence-electron chi connectivity index (χ0n) is 11.4. The summed E-state index contributed by atoms with van der Waals surface area (Å²) in [6.45, 7) is 8.07. The Balaban J connectivity index is 4.03. The summed E-state index contributed by atoms with van der Waals surface area (Å²) in [5.41, 5.74) is 0. The standard InChI is InChI=1S/C12H27NO3S/c1-5-11(6-2)12(14)8-13-10(4)9-17(15,16)7-3/h10-14H,5-9H2,1-4H3. The van der Waals surface area contributed by atoms with Crippen molar-refractivity contribution in [3.63, 3.8) is 0 Å². The van der Waals surface area contributed by atoms with Gasteiger partial charge in [-0.3, -0.25) is 0 Å². The molecule has 0 aliphatic heterocycles. The summed E-state index contributed by atoms with van der Waals surface area (Å²) in [6, 6.07) is -0.107. The number of hydrogen-bond acceptors (Lipinski definition) is 4. The van der Waals surface area contributed by atoms with Crippen molar-refractivity contribution in [1.82, 2.24) is 5.32 Å². The number of hydrogen-bond donors (Lipinski definition) is 2. The average molecular weight is 265 g/mol. The van der Waals surface area contributed by atoms with Crippen LogP contribution in [0.25, 0.3) is 0 Å². The molecular formula is C12H27NO3S. The smallest absolute Gasteiger partial charge is 0.151 e. The Morgan fingerprint density at radius 1 is 1.18 bits per heavy atom. The molecule has 0 heterocycles. The SMILES string of the molecule is CCC(CC)C(O)CNC(C)CS(=O)(=O)CC. The highest BCUT2D eigenvalue weighted by Crippen LogP contribution is 2.12. The van der Waals surface area contributed by atoms with Gasteiger partial charge in [-0.1, -0.05) is 33.6 Å². The minimum Gasteiger partial charge on any atom is -0.392 e. The first-order chi connectivity index (χ1) is 7.86. The first kappa shape index (κ1) is 16.9. The van der Waals surface area contributed by atoms with Gasteiger partial charge in [0.25, 0.3) is 0 Å². The fourth-order valence-corrected chi connectivity index (χ4v) is 2.99. The van der Waals surface area contributed by atoms with Crippen LogP contribution in [0.15, 0.2) is 0 Å². The molecule has 0 amide bonds. The molecule has 0 radical (unpaired) electrons. The molecule has 17 heavy (non-hydrogen) atoms. The van der Waals surface area contributed by atoms with Crippen molar-refractivity contribution >= 4 is 9.84 Å². The molecule has 2 atom stereocenters. The lowest BCUT2D eigenvalue weighted by molar-refractivity contribution is 0.0995. The van der Waals surface area contributed by atoms with Crippen LogP contribution in [0.4, 0.5) is 0 Å². The van der Waals surface area contributed by atoms with Gasteiger partial charge in [-0.15, -0.1) is 0 Å². The van der Waals surface area contributed by atoms with E-state index in [2.05, 4.69) is 19.2 Å². The summed E-state index contributed by atoms with van der Waals surface area (Å²) in [7, 11) is -2.94. The molecule has 2 unspecified atom stereocenters. The summed E-state index contributed by atoms with van der Waals surface area (Å²) < 4.78 is 22.8. The monoisotopic (exact) mass is 265 g/mol. The molecule has 0 rings (SSSR count). The third-order valence-corrected chi connectivity index (χ3v) is 5.10. The van der Waals surface area contributed by atoms with Crippen molar-refractivity contribution in [1.29, 1.82) is 0 Å². The fourth-order valence-electron chi connectivity index (χ4n) is 1.88. The predicted molar refractivity (Wildman–Crippen MR) is 71.9 cm³/mol. The molecule has 0 aliphatic carbocycles. The lowest BCUT2D eigenvalue weighted by Gasteiger charge is -2.22. The van der Waals surface area contributed by atoms with Crippen LogP contribution in [-0.2, 0) is 9.84 Å². The number of sulfone groups is 1. The Hall–Kier alpha value is -0.130. The Morgan fingerprint density at radius 2 is 1.71 bits per heavy atom. The average Bonchev–Trinajstić information content (AvgIpc) is 2.27. The third kappa shape index (κ3) is 7.01. The Kier molecular flexibility index (Phi) is 8.00. The largest absolute Gasteiger partial charge is 0.392 e. The second kappa shape index (κ2) is 8.06. The van der Waals surface area contributed by atoms with Crippen molar-refractivity contribution in [3.8, 4) is 0 Å². The molecule has 0 saturated carbocycles. The first-order valence-corrected chi connectivity index (χ1v) is 8.30. The van der Waals surface area contributed by atoms with Crippen LogP contribution in [0, 0.1) is 5.92 Å². The molecule has 0 aromatic rings. The van der Waals surface area contributed by atoms with Crippen LogP contribution >= 0.6 is 0 Å². The van der Waals surface area contributed by atoms with Gasteiger partial charge in [-0.05, 0) is 12.8 Å². The third-order valence-electron chi connectivity index (χ3n) is 3.21. The van der Waals surface area contributed by atoms with E-state index in [0.717, 1.165) is 12.8 Å². The highest BCUT2D eigenvalue weighted by atomic mass is 32.2. The highest BCUT2D eigenvalue weighted by molar-refractivity contribution is 7.91. The van der Waals surface area contributed by atoms with Gasteiger partial charge in [-0.2, -0.15) is 0 Å². The Labute approximate surface area is 106 Å². The molecule has 104 valence electrons. The van der Waals surface area contributed by atoms with Crippen molar-refractivity contribution < 1.29 is 13.5 Å². The Morgan fingerprint density at radius 3 is 2.12 bits per heavy atom. The van der Waals surface area contributed by atoms with Gasteiger partial charge >= 0.3 is 0 Å². The maximum atomic E-state index is 11.4. The molecular weight excluding hydrogens is 238 g/mol. The van der Waals surface area contributed by atoms with Gasteiger partial charge in [0.05, 0.1) is 11.9 Å². The summed E-state index contributed by atoms with van der Waals surface area (Å²) in [5, 5.41) is 13.0. The van der Waals surface area contributed by atoms with Crippen LogP contribution in [0.1, 0.15) is 40.5 Å². The molecule has 2 N–H and O–H groups in total. The molecule has 0 saturated heterocycles. The second-order valence-electron chi connectivity index (χ2n) is 4.65. The molecule has 0 fully saturated rings. The van der Waals surface area contributed by atoms with Crippen LogP contribution in [-0.4, -0.2) is 43.7 Å². The number of rotatable bonds is 9. The Bertz CT molecular complexity index is 286. The van der Waals surface area contributed by atoms with Crippen molar-refractivity contribution in [3.05, 3.63) is 0 Å². The maximum Gasteiger partial charge on any atom is 0.151 e. The van der Waals surface area contributed by atoms with E-state index >= 15 is 0 Å². The van der Waals surface area contributed by atoms with E-state index in [1.54, 1.807) is 6.92 Å². The fraction of sp³-hybridized carbons (Fsp3) is 1.00. The summed E-state index contributed by atoms with van der Waals surface area (Å²) in [4.78, 5) is 0. The zero-order chi connectivity index (χ0) is 13.5. The highest BCUT2D eigenvalue weighted by Gasteiger charge is 2.18. The van der Waals surface area contributed by atoms with Crippen LogP contribution in [0.2, 0.25) is 0 Å². The summed E-state index contributed by atoms with van der Waals surface area (Å²) in [5.74, 6) is 0.602. The van der Waals surface area contributed by atoms with Gasteiger partial charge in [0, 0.05) is 18.3 Å². The van der Waals surface area contributed by atoms with Gasteiger partial charge in [0.1, 0.15) is 0 Å². The maximum absolute atomic E-state index is 11.4. The second-order valence-corrected chi connectivity index (χ2v) is 7.05. The molecule has 5 heteroatoms. The molecule has 0 aromatic heterocycles. The van der Waals surface area contributed by atoms with E-state index in [-0.39, 0.29) is 23.5 Å². The summed E-state index contributed by atoms with van der Waals surface area (Å²) >= 11 is 0. The van der Waals surface area contributed by atoms with Gasteiger partial charge in [0.2, 0.25) is 0 Å². The van der Waals surface area contributed by atoms with Gasteiger partial charge < -0.3 is 10.4 Å². The number of nitrogens with one attached hydrogen (secondary N) is 1. The van der Waals surface area contributed by atoms with Crippen molar-refractivity contribution in [2.45, 2.75) is 52.7 Å². The molecule has 4 nitrogen and oxygen atoms in total. The van der Waals surface area contributed by atoms with Crippen molar-refractivity contribution in [2.75, 3.05) is 18.1 Å². The number of aliphatic hydroxyl groups is 1. The van der Waals surface area contributed by atoms with Gasteiger partial charge in [0.15, 0.2) is 9.84 Å². The van der Waals surface area contributed by atoms with Crippen LogP contribution < -0.4 is 5.32 Å². The predicted octanol–water partition coefficient (Wildman–Crippen LogP) is 1.20. The molecule has 0 spiro atoms. The van der Waals surface area contributed by atoms with Crippen LogP contribution in [0.5, 0.6) is 0 Å². The molecule has 0 bridgehead atoms. The van der Waals surface area contributed by atoms with E-state index in [0.29, 0.717) is 6.54 Å².